The average Bonchev–Trinajstić information content (AvgIpc) is 3.35. The van der Waals surface area contributed by atoms with Gasteiger partial charge in [-0.05, 0) is 13.0 Å². The number of H-pyrrole nitrogens is 1. The van der Waals surface area contributed by atoms with Gasteiger partial charge < -0.3 is 9.72 Å². The number of nitrogens with one attached hydrogen (secondary N) is 1. The Labute approximate surface area is 159 Å². The number of fused-ring (bicyclic) bond motifs is 1. The summed E-state index contributed by atoms with van der Waals surface area (Å²) < 4.78 is 5.36. The topological polar surface area (TPSA) is 72.0 Å². The number of para-hydroxylation sites is 1. The second-order valence-electron chi connectivity index (χ2n) is 6.06. The minimum atomic E-state index is -0.904. The Balaban J connectivity index is 1.49. The minimum Gasteiger partial charge on any atom is -0.450 e. The number of ketones is 1. The molecule has 2 heterocycles. The van der Waals surface area contributed by atoms with E-state index in [1.54, 1.807) is 18.5 Å². The SMILES string of the molecule is C[C@H](OC(=O)c1csc(-c2ccccc2)n1)C(=O)c1c[nH]c2ccccc12. The van der Waals surface area contributed by atoms with Crippen LogP contribution in [0.5, 0.6) is 0 Å². The van der Waals surface area contributed by atoms with E-state index in [2.05, 4.69) is 9.97 Å². The van der Waals surface area contributed by atoms with Gasteiger partial charge in [-0.2, -0.15) is 0 Å². The van der Waals surface area contributed by atoms with E-state index in [0.29, 0.717) is 5.56 Å². The van der Waals surface area contributed by atoms with Crippen LogP contribution in [-0.2, 0) is 4.74 Å². The molecule has 0 aliphatic heterocycles. The van der Waals surface area contributed by atoms with Crippen molar-refractivity contribution >= 4 is 34.0 Å². The maximum atomic E-state index is 12.7. The van der Waals surface area contributed by atoms with E-state index >= 15 is 0 Å². The molecule has 134 valence electrons. The number of Topliss-reactive ketones (excluding diaryl/α,β-unsaturated/α-hetero) is 1. The highest BCUT2D eigenvalue weighted by atomic mass is 32.1. The lowest BCUT2D eigenvalue weighted by molar-refractivity contribution is 0.0314. The van der Waals surface area contributed by atoms with Crippen molar-refractivity contribution in [3.8, 4) is 10.6 Å². The first kappa shape index (κ1) is 17.2. The van der Waals surface area contributed by atoms with Crippen molar-refractivity contribution in [2.45, 2.75) is 13.0 Å². The Hall–Kier alpha value is -3.25. The number of benzene rings is 2. The van der Waals surface area contributed by atoms with E-state index in [0.717, 1.165) is 21.5 Å². The van der Waals surface area contributed by atoms with Gasteiger partial charge in [0.05, 0.1) is 0 Å². The molecule has 0 spiro atoms. The van der Waals surface area contributed by atoms with Gasteiger partial charge in [0.15, 0.2) is 11.8 Å². The van der Waals surface area contributed by atoms with Gasteiger partial charge in [-0.3, -0.25) is 4.79 Å². The standard InChI is InChI=1S/C21H16N2O3S/c1-13(19(24)16-11-22-17-10-6-5-9-15(16)17)26-21(25)18-12-27-20(23-18)14-7-3-2-4-8-14/h2-13,22H,1H3/t13-/m0/s1. The minimum absolute atomic E-state index is 0.206. The molecule has 2 aromatic carbocycles. The molecule has 5 nitrogen and oxygen atoms in total. The summed E-state index contributed by atoms with van der Waals surface area (Å²) >= 11 is 1.36. The van der Waals surface area contributed by atoms with E-state index in [9.17, 15) is 9.59 Å². The van der Waals surface area contributed by atoms with Crippen LogP contribution in [0.1, 0.15) is 27.8 Å². The van der Waals surface area contributed by atoms with Gasteiger partial charge in [0.2, 0.25) is 5.78 Å². The van der Waals surface area contributed by atoms with Crippen molar-refractivity contribution in [1.29, 1.82) is 0 Å². The Morgan fingerprint density at radius 2 is 1.81 bits per heavy atom. The summed E-state index contributed by atoms with van der Waals surface area (Å²) in [5, 5.41) is 3.19. The predicted octanol–water partition coefficient (Wildman–Crippen LogP) is 4.72. The molecule has 0 radical (unpaired) electrons. The highest BCUT2D eigenvalue weighted by Crippen LogP contribution is 2.24. The Morgan fingerprint density at radius 1 is 1.07 bits per heavy atom. The zero-order valence-corrected chi connectivity index (χ0v) is 15.3. The van der Waals surface area contributed by atoms with E-state index in [4.69, 9.17) is 4.74 Å². The van der Waals surface area contributed by atoms with Gasteiger partial charge in [-0.25, -0.2) is 9.78 Å². The van der Waals surface area contributed by atoms with Crippen molar-refractivity contribution in [2.24, 2.45) is 0 Å². The third kappa shape index (κ3) is 3.39. The van der Waals surface area contributed by atoms with Crippen molar-refractivity contribution < 1.29 is 14.3 Å². The fourth-order valence-corrected chi connectivity index (χ4v) is 3.65. The van der Waals surface area contributed by atoms with Gasteiger partial charge in [-0.15, -0.1) is 11.3 Å². The first-order valence-corrected chi connectivity index (χ1v) is 9.33. The molecular formula is C21H16N2O3S. The molecular weight excluding hydrogens is 360 g/mol. The van der Waals surface area contributed by atoms with E-state index in [-0.39, 0.29) is 11.5 Å². The van der Waals surface area contributed by atoms with Crippen LogP contribution >= 0.6 is 11.3 Å². The molecule has 0 bridgehead atoms. The second kappa shape index (κ2) is 7.17. The second-order valence-corrected chi connectivity index (χ2v) is 6.92. The molecule has 1 atom stereocenters. The fraction of sp³-hybridized carbons (Fsp3) is 0.0952. The summed E-state index contributed by atoms with van der Waals surface area (Å²) in [7, 11) is 0. The van der Waals surface area contributed by atoms with E-state index in [1.165, 1.54) is 11.3 Å². The van der Waals surface area contributed by atoms with Gasteiger partial charge in [0, 0.05) is 33.6 Å². The highest BCUT2D eigenvalue weighted by Gasteiger charge is 2.24. The molecule has 1 N–H and O–H groups in total. The van der Waals surface area contributed by atoms with Crippen LogP contribution < -0.4 is 0 Å². The number of esters is 1. The summed E-state index contributed by atoms with van der Waals surface area (Å²) in [5.74, 6) is -0.853. The number of aromatic amines is 1. The van der Waals surface area contributed by atoms with Crippen LogP contribution in [-0.4, -0.2) is 27.8 Å². The number of aromatic nitrogens is 2. The molecule has 4 rings (SSSR count). The normalized spacial score (nSPS) is 12.0. The molecule has 6 heteroatoms. The highest BCUT2D eigenvalue weighted by molar-refractivity contribution is 7.13. The molecule has 0 fully saturated rings. The number of nitrogens with zero attached hydrogens (tertiary/aromatic N) is 1. The number of carbonyl (C=O) groups excluding carboxylic acids is 2. The lowest BCUT2D eigenvalue weighted by Gasteiger charge is -2.10. The van der Waals surface area contributed by atoms with Crippen LogP contribution in [0.25, 0.3) is 21.5 Å². The van der Waals surface area contributed by atoms with E-state index < -0.39 is 12.1 Å². The first-order valence-electron chi connectivity index (χ1n) is 8.46. The quantitative estimate of drug-likeness (QED) is 0.404. The fourth-order valence-electron chi connectivity index (χ4n) is 2.85. The van der Waals surface area contributed by atoms with Crippen LogP contribution in [0.2, 0.25) is 0 Å². The van der Waals surface area contributed by atoms with Gasteiger partial charge >= 0.3 is 5.97 Å². The van der Waals surface area contributed by atoms with Gasteiger partial charge in [-0.1, -0.05) is 48.5 Å². The molecule has 0 unspecified atom stereocenters. The molecule has 0 aliphatic rings. The number of rotatable bonds is 5. The third-order valence-corrected chi connectivity index (χ3v) is 5.13. The van der Waals surface area contributed by atoms with Crippen molar-refractivity contribution in [3.63, 3.8) is 0 Å². The molecule has 0 saturated heterocycles. The largest absolute Gasteiger partial charge is 0.450 e. The van der Waals surface area contributed by atoms with Crippen LogP contribution in [0.4, 0.5) is 0 Å². The van der Waals surface area contributed by atoms with Crippen LogP contribution in [0.3, 0.4) is 0 Å². The maximum Gasteiger partial charge on any atom is 0.358 e. The van der Waals surface area contributed by atoms with Crippen molar-refractivity contribution in [1.82, 2.24) is 9.97 Å². The summed E-state index contributed by atoms with van der Waals surface area (Å²) in [6.45, 7) is 1.58. The van der Waals surface area contributed by atoms with E-state index in [1.807, 2.05) is 54.6 Å². The van der Waals surface area contributed by atoms with Crippen LogP contribution in [0.15, 0.2) is 66.2 Å². The molecule has 0 saturated carbocycles. The lowest BCUT2D eigenvalue weighted by atomic mass is 10.1. The smallest absolute Gasteiger partial charge is 0.358 e. The predicted molar refractivity (Wildman–Crippen MR) is 105 cm³/mol. The third-order valence-electron chi connectivity index (χ3n) is 4.24. The number of hydrogen-bond acceptors (Lipinski definition) is 5. The number of thiazole rings is 1. The number of carbonyl (C=O) groups is 2. The number of ether oxygens (including phenoxy) is 1. The zero-order valence-electron chi connectivity index (χ0n) is 14.5. The van der Waals surface area contributed by atoms with Gasteiger partial charge in [0.1, 0.15) is 5.01 Å². The monoisotopic (exact) mass is 376 g/mol. The number of hydrogen-bond donors (Lipinski definition) is 1. The molecule has 4 aromatic rings. The van der Waals surface area contributed by atoms with Crippen molar-refractivity contribution in [2.75, 3.05) is 0 Å². The Morgan fingerprint density at radius 3 is 2.63 bits per heavy atom. The zero-order chi connectivity index (χ0) is 18.8. The molecule has 2 aromatic heterocycles. The summed E-state index contributed by atoms with van der Waals surface area (Å²) in [4.78, 5) is 32.5. The van der Waals surface area contributed by atoms with Crippen molar-refractivity contribution in [3.05, 3.63) is 77.4 Å². The molecule has 0 aliphatic carbocycles. The summed E-state index contributed by atoms with van der Waals surface area (Å²) in [6.07, 6.45) is 0.742. The van der Waals surface area contributed by atoms with Gasteiger partial charge in [0.25, 0.3) is 0 Å². The summed E-state index contributed by atoms with van der Waals surface area (Å²) in [6, 6.07) is 17.1. The first-order chi connectivity index (χ1) is 13.1. The average molecular weight is 376 g/mol. The molecule has 0 amide bonds. The maximum absolute atomic E-state index is 12.7. The Kier molecular flexibility index (Phi) is 4.56. The molecule has 27 heavy (non-hydrogen) atoms. The summed E-state index contributed by atoms with van der Waals surface area (Å²) in [5.41, 5.74) is 2.52. The lowest BCUT2D eigenvalue weighted by Crippen LogP contribution is -2.24. The van der Waals surface area contributed by atoms with Crippen LogP contribution in [0, 0.1) is 0 Å². The Bertz CT molecular complexity index is 1110.